The number of esters is 1. The van der Waals surface area contributed by atoms with Gasteiger partial charge in [-0.05, 0) is 50.6 Å². The van der Waals surface area contributed by atoms with E-state index in [2.05, 4.69) is 4.99 Å². The zero-order valence-electron chi connectivity index (χ0n) is 15.2. The third-order valence-corrected chi connectivity index (χ3v) is 3.97. The molecule has 4 nitrogen and oxygen atoms in total. The first-order valence-corrected chi connectivity index (χ1v) is 8.53. The van der Waals surface area contributed by atoms with Gasteiger partial charge in [-0.1, -0.05) is 30.3 Å². The molecule has 0 unspecified atom stereocenters. The Morgan fingerprint density at radius 3 is 2.42 bits per heavy atom. The van der Waals surface area contributed by atoms with Crippen LogP contribution >= 0.6 is 0 Å². The van der Waals surface area contributed by atoms with E-state index in [4.69, 9.17) is 9.47 Å². The van der Waals surface area contributed by atoms with Crippen molar-refractivity contribution in [2.45, 2.75) is 38.3 Å². The first-order valence-electron chi connectivity index (χ1n) is 8.53. The summed E-state index contributed by atoms with van der Waals surface area (Å²) in [7, 11) is 0. The highest BCUT2D eigenvalue weighted by Gasteiger charge is 2.47. The Balaban J connectivity index is 1.96. The molecule has 0 aromatic heterocycles. The lowest BCUT2D eigenvalue weighted by molar-refractivity contribution is -0.162. The fourth-order valence-corrected chi connectivity index (χ4v) is 2.76. The van der Waals surface area contributed by atoms with Crippen molar-refractivity contribution in [1.82, 2.24) is 0 Å². The number of halogens is 1. The van der Waals surface area contributed by atoms with Gasteiger partial charge < -0.3 is 9.47 Å². The van der Waals surface area contributed by atoms with Gasteiger partial charge in [0.25, 0.3) is 0 Å². The molecule has 1 heterocycles. The summed E-state index contributed by atoms with van der Waals surface area (Å²) >= 11 is 0. The molecule has 0 radical (unpaired) electrons. The maximum Gasteiger partial charge on any atom is 0.338 e. The molecule has 1 aliphatic heterocycles. The molecule has 0 N–H and O–H groups in total. The summed E-state index contributed by atoms with van der Waals surface area (Å²) in [5.74, 6) is -0.437. The van der Waals surface area contributed by atoms with Crippen LogP contribution in [0, 0.1) is 5.82 Å². The van der Waals surface area contributed by atoms with Crippen molar-refractivity contribution in [3.63, 3.8) is 0 Å². The van der Waals surface area contributed by atoms with Gasteiger partial charge in [0.2, 0.25) is 5.90 Å². The van der Waals surface area contributed by atoms with E-state index in [0.717, 1.165) is 5.56 Å². The Hall–Kier alpha value is -2.69. The van der Waals surface area contributed by atoms with Crippen molar-refractivity contribution < 1.29 is 18.7 Å². The van der Waals surface area contributed by atoms with Crippen molar-refractivity contribution in [3.8, 4) is 0 Å². The summed E-state index contributed by atoms with van der Waals surface area (Å²) in [6, 6.07) is 15.5. The van der Waals surface area contributed by atoms with Gasteiger partial charge in [0.05, 0.1) is 0 Å². The highest BCUT2D eigenvalue weighted by molar-refractivity contribution is 5.99. The minimum Gasteiger partial charge on any atom is -0.474 e. The predicted molar refractivity (Wildman–Crippen MR) is 97.6 cm³/mol. The molecule has 5 heteroatoms. The van der Waals surface area contributed by atoms with Gasteiger partial charge in [-0.2, -0.15) is 0 Å². The fraction of sp³-hybridized carbons (Fsp3) is 0.333. The molecular formula is C21H22FNO3. The van der Waals surface area contributed by atoms with Crippen molar-refractivity contribution in [1.29, 1.82) is 0 Å². The molecule has 26 heavy (non-hydrogen) atoms. The first-order chi connectivity index (χ1) is 12.3. The van der Waals surface area contributed by atoms with Crippen LogP contribution in [0.4, 0.5) is 4.39 Å². The number of nitrogens with zero attached hydrogens (tertiary/aromatic N) is 1. The number of aliphatic imine (C=N–C) groups is 1. The topological polar surface area (TPSA) is 47.9 Å². The second kappa shape index (κ2) is 6.90. The lowest BCUT2D eigenvalue weighted by Gasteiger charge is -2.28. The van der Waals surface area contributed by atoms with Gasteiger partial charge in [-0.15, -0.1) is 0 Å². The molecule has 0 aliphatic carbocycles. The SMILES string of the molecule is CC(C)(C)OC(=O)[C@@]1(Cc2ccccc2)COC(c2ccc(F)cc2)=N1. The van der Waals surface area contributed by atoms with Crippen LogP contribution in [-0.4, -0.2) is 29.6 Å². The number of hydrogen-bond acceptors (Lipinski definition) is 4. The van der Waals surface area contributed by atoms with Crippen molar-refractivity contribution in [3.05, 3.63) is 71.5 Å². The van der Waals surface area contributed by atoms with E-state index in [1.165, 1.54) is 12.1 Å². The highest BCUT2D eigenvalue weighted by atomic mass is 19.1. The Morgan fingerprint density at radius 2 is 1.81 bits per heavy atom. The minimum absolute atomic E-state index is 0.0868. The molecule has 2 aromatic rings. The van der Waals surface area contributed by atoms with E-state index in [-0.39, 0.29) is 12.4 Å². The molecular weight excluding hydrogens is 333 g/mol. The normalized spacial score (nSPS) is 19.6. The zero-order chi connectivity index (χ0) is 18.8. The quantitative estimate of drug-likeness (QED) is 0.781. The minimum atomic E-state index is -1.15. The molecule has 1 atom stereocenters. The monoisotopic (exact) mass is 355 g/mol. The molecule has 0 saturated carbocycles. The van der Waals surface area contributed by atoms with Crippen LogP contribution in [0.15, 0.2) is 59.6 Å². The zero-order valence-corrected chi connectivity index (χ0v) is 15.2. The summed E-state index contributed by atoms with van der Waals surface area (Å²) in [6.45, 7) is 5.55. The predicted octanol–water partition coefficient (Wildman–Crippen LogP) is 3.93. The van der Waals surface area contributed by atoms with Gasteiger partial charge in [-0.25, -0.2) is 14.2 Å². The third kappa shape index (κ3) is 4.10. The van der Waals surface area contributed by atoms with Crippen LogP contribution in [0.25, 0.3) is 0 Å². The summed E-state index contributed by atoms with van der Waals surface area (Å²) in [5.41, 5.74) is -0.191. The molecule has 2 aromatic carbocycles. The van der Waals surface area contributed by atoms with Crippen LogP contribution in [0.3, 0.4) is 0 Å². The number of benzene rings is 2. The van der Waals surface area contributed by atoms with Crippen molar-refractivity contribution in [2.75, 3.05) is 6.61 Å². The number of ether oxygens (including phenoxy) is 2. The van der Waals surface area contributed by atoms with Gasteiger partial charge in [0.15, 0.2) is 5.54 Å². The third-order valence-electron chi connectivity index (χ3n) is 3.97. The highest BCUT2D eigenvalue weighted by Crippen LogP contribution is 2.29. The van der Waals surface area contributed by atoms with Gasteiger partial charge in [0.1, 0.15) is 18.0 Å². The second-order valence-corrected chi connectivity index (χ2v) is 7.41. The van der Waals surface area contributed by atoms with Crippen LogP contribution in [0.5, 0.6) is 0 Å². The van der Waals surface area contributed by atoms with E-state index in [1.807, 2.05) is 51.1 Å². The van der Waals surface area contributed by atoms with E-state index in [1.54, 1.807) is 12.1 Å². The Bertz CT molecular complexity index is 809. The van der Waals surface area contributed by atoms with Crippen molar-refractivity contribution in [2.24, 2.45) is 4.99 Å². The fourth-order valence-electron chi connectivity index (χ4n) is 2.76. The average Bonchev–Trinajstić information content (AvgIpc) is 3.00. The molecule has 0 bridgehead atoms. The number of carbonyl (C=O) groups excluding carboxylic acids is 1. The molecule has 0 fully saturated rings. The summed E-state index contributed by atoms with van der Waals surface area (Å²) in [6.07, 6.45) is 0.369. The van der Waals surface area contributed by atoms with Crippen LogP contribution < -0.4 is 0 Å². The standard InChI is InChI=1S/C21H22FNO3/c1-20(2,3)26-19(24)21(13-15-7-5-4-6-8-15)14-25-18(23-21)16-9-11-17(22)12-10-16/h4-12H,13-14H2,1-3H3/t21-/m1/s1. The van der Waals surface area contributed by atoms with Gasteiger partial charge in [-0.3, -0.25) is 0 Å². The number of rotatable bonds is 4. The van der Waals surface area contributed by atoms with E-state index in [9.17, 15) is 9.18 Å². The Labute approximate surface area is 152 Å². The van der Waals surface area contributed by atoms with Gasteiger partial charge in [0, 0.05) is 12.0 Å². The smallest absolute Gasteiger partial charge is 0.338 e. The lowest BCUT2D eigenvalue weighted by atomic mass is 9.92. The molecule has 1 aliphatic rings. The van der Waals surface area contributed by atoms with Crippen LogP contribution in [0.2, 0.25) is 0 Å². The summed E-state index contributed by atoms with van der Waals surface area (Å²) in [5, 5.41) is 0. The van der Waals surface area contributed by atoms with E-state index in [0.29, 0.717) is 17.9 Å². The molecule has 0 spiro atoms. The maximum absolute atomic E-state index is 13.2. The molecule has 0 saturated heterocycles. The summed E-state index contributed by atoms with van der Waals surface area (Å²) in [4.78, 5) is 17.5. The van der Waals surface area contributed by atoms with Gasteiger partial charge >= 0.3 is 5.97 Å². The molecule has 3 rings (SSSR count). The Kier molecular flexibility index (Phi) is 4.81. The Morgan fingerprint density at radius 1 is 1.15 bits per heavy atom. The molecule has 0 amide bonds. The maximum atomic E-state index is 13.2. The second-order valence-electron chi connectivity index (χ2n) is 7.41. The lowest BCUT2D eigenvalue weighted by Crippen LogP contribution is -2.45. The van der Waals surface area contributed by atoms with Crippen molar-refractivity contribution >= 4 is 11.9 Å². The first kappa shape index (κ1) is 18.1. The van der Waals surface area contributed by atoms with E-state index >= 15 is 0 Å². The largest absolute Gasteiger partial charge is 0.474 e. The van der Waals surface area contributed by atoms with E-state index < -0.39 is 17.1 Å². The van der Waals surface area contributed by atoms with Crippen LogP contribution in [0.1, 0.15) is 31.9 Å². The average molecular weight is 355 g/mol. The van der Waals surface area contributed by atoms with Crippen LogP contribution in [-0.2, 0) is 20.7 Å². The number of carbonyl (C=O) groups is 1. The number of hydrogen-bond donors (Lipinski definition) is 0. The summed E-state index contributed by atoms with van der Waals surface area (Å²) < 4.78 is 24.5. The molecule has 136 valence electrons.